The Balaban J connectivity index is 1.16. The minimum Gasteiger partial charge on any atom is -0.394 e. The van der Waals surface area contributed by atoms with Crippen LogP contribution in [0, 0.1) is 0 Å². The van der Waals surface area contributed by atoms with E-state index in [9.17, 15) is 95.2 Å². The zero-order valence-corrected chi connectivity index (χ0v) is 48.7. The van der Waals surface area contributed by atoms with Gasteiger partial charge in [0.05, 0.1) is 58.8 Å². The van der Waals surface area contributed by atoms with Crippen LogP contribution < -0.4 is 26.6 Å². The molecule has 4 fully saturated rings. The molecule has 0 unspecified atom stereocenters. The molecule has 0 aromatic heterocycles. The number of amides is 5. The van der Waals surface area contributed by atoms with Crippen molar-refractivity contribution in [3.8, 4) is 0 Å². The first-order valence-electron chi connectivity index (χ1n) is 29.4. The summed E-state index contributed by atoms with van der Waals surface area (Å²) in [6.07, 6.45) is -26.1. The number of Topliss-reactive ketones (excluding diaryl/α,β-unsaturated/α-hetero) is 1. The van der Waals surface area contributed by atoms with Crippen LogP contribution in [0.2, 0.25) is 0 Å². The molecule has 18 N–H and O–H groups in total. The summed E-state index contributed by atoms with van der Waals surface area (Å²) in [6.45, 7) is 0.507. The third-order valence-electron chi connectivity index (χ3n) is 14.7. The van der Waals surface area contributed by atoms with Gasteiger partial charge in [0, 0.05) is 52.0 Å². The van der Waals surface area contributed by atoms with Crippen molar-refractivity contribution in [2.75, 3.05) is 85.4 Å². The van der Waals surface area contributed by atoms with Crippen molar-refractivity contribution in [1.29, 1.82) is 0 Å². The predicted molar refractivity (Wildman–Crippen MR) is 291 cm³/mol. The van der Waals surface area contributed by atoms with E-state index in [1.54, 1.807) is 0 Å². The minimum absolute atomic E-state index is 0.0104. The van der Waals surface area contributed by atoms with Crippen LogP contribution in [0.4, 0.5) is 0 Å². The third kappa shape index (κ3) is 24.8. The molecule has 0 aliphatic carbocycles. The van der Waals surface area contributed by atoms with Crippen molar-refractivity contribution in [2.24, 2.45) is 0 Å². The summed E-state index contributed by atoms with van der Waals surface area (Å²) in [4.78, 5) is 76.6. The van der Waals surface area contributed by atoms with Crippen molar-refractivity contribution in [1.82, 2.24) is 31.5 Å². The van der Waals surface area contributed by atoms with Gasteiger partial charge in [-0.15, -0.1) is 0 Å². The van der Waals surface area contributed by atoms with E-state index in [4.69, 9.17) is 37.9 Å². The lowest BCUT2D eigenvalue weighted by molar-refractivity contribution is -0.366. The molecule has 4 heterocycles. The predicted octanol–water partition coefficient (Wildman–Crippen LogP) is -8.55. The van der Waals surface area contributed by atoms with Gasteiger partial charge in [0.15, 0.2) is 25.2 Å². The molecular formula is C53H94N6O27. The molecule has 0 radical (unpaired) electrons. The highest BCUT2D eigenvalue weighted by molar-refractivity contribution is 5.84. The van der Waals surface area contributed by atoms with E-state index in [1.807, 2.05) is 0 Å². The van der Waals surface area contributed by atoms with Crippen LogP contribution in [0.25, 0.3) is 0 Å². The van der Waals surface area contributed by atoms with Gasteiger partial charge in [-0.3, -0.25) is 28.9 Å². The van der Waals surface area contributed by atoms with Crippen molar-refractivity contribution in [3.05, 3.63) is 0 Å². The highest BCUT2D eigenvalue weighted by atomic mass is 16.8. The van der Waals surface area contributed by atoms with E-state index in [2.05, 4.69) is 26.6 Å². The fourth-order valence-electron chi connectivity index (χ4n) is 9.61. The first kappa shape index (κ1) is 74.6. The maximum Gasteiger partial charge on any atom is 0.234 e. The Kier molecular flexibility index (Phi) is 34.1. The molecule has 4 aliphatic heterocycles. The van der Waals surface area contributed by atoms with Gasteiger partial charge in [0.2, 0.25) is 29.5 Å². The molecule has 86 heavy (non-hydrogen) atoms. The molecule has 4 aliphatic rings. The second-order valence-electron chi connectivity index (χ2n) is 21.8. The molecule has 0 saturated carbocycles. The number of aliphatic hydroxyl groups is 13. The Morgan fingerprint density at radius 3 is 1.23 bits per heavy atom. The molecule has 4 saturated heterocycles. The van der Waals surface area contributed by atoms with Crippen LogP contribution in [0.3, 0.4) is 0 Å². The quantitative estimate of drug-likeness (QED) is 0.0254. The summed E-state index contributed by atoms with van der Waals surface area (Å²) in [6, 6.07) is 0. The van der Waals surface area contributed by atoms with E-state index in [1.165, 1.54) is 18.7 Å². The Morgan fingerprint density at radius 1 is 0.395 bits per heavy atom. The number of carbonyl (C=O) groups is 6. The number of hydrogen-bond acceptors (Lipinski definition) is 28. The number of carbonyl (C=O) groups excluding carboxylic acids is 6. The normalized spacial score (nSPS) is 33.0. The number of rotatable bonds is 39. The second kappa shape index (κ2) is 39.3. The van der Waals surface area contributed by atoms with E-state index in [0.29, 0.717) is 64.3 Å². The van der Waals surface area contributed by atoms with Crippen LogP contribution in [0.15, 0.2) is 0 Å². The van der Waals surface area contributed by atoms with E-state index in [-0.39, 0.29) is 89.5 Å². The number of nitrogens with zero attached hydrogens (tertiary/aromatic N) is 1. The lowest BCUT2D eigenvalue weighted by Crippen LogP contribution is -2.65. The zero-order chi connectivity index (χ0) is 63.5. The first-order chi connectivity index (χ1) is 41.0. The van der Waals surface area contributed by atoms with Gasteiger partial charge < -0.3 is 136 Å². The molecule has 0 aromatic rings. The van der Waals surface area contributed by atoms with Crippen LogP contribution >= 0.6 is 0 Å². The molecule has 0 spiro atoms. The topological polar surface area (TPSA) is 503 Å². The Labute approximate surface area is 497 Å². The van der Waals surface area contributed by atoms with Gasteiger partial charge >= 0.3 is 0 Å². The van der Waals surface area contributed by atoms with Crippen LogP contribution in [-0.4, -0.2) is 315 Å². The summed E-state index contributed by atoms with van der Waals surface area (Å²) in [5, 5.41) is 147. The number of aliphatic hydroxyl groups excluding tert-OH is 13. The highest BCUT2D eigenvalue weighted by Gasteiger charge is 2.52. The summed E-state index contributed by atoms with van der Waals surface area (Å²) in [5.74, 6) is -1.83. The standard InChI is InChI=1S/C53H94N6O27/c1-28(62)12-6-3-9-15-54-35(65)22-59(23-36(66)55-16-10-4-7-13-33(63)57-18-20-79-50-45(75)42(72)38(68)29(2)82-50)24-37(67)56-17-11-5-8-14-34(64)58-19-21-80-52-48(78)49(86-53-47(77)44(74)40(70)31(26-61)84-53)41(71)32(85-52)27-81-51-46(76)43(73)39(69)30(25-60)83-51/h29-32,38-53,60-61,68-78H,3-27H2,1-2H3,(H,54,65)(H,55,66)(H,56,67)(H,57,63)(H,58,64)/t29-,30+,31+,32+,38+,39+,40+,41+,42+,43-,44-,45-,46-,47-,48-,49-,50+,51-,52-,53+/m0/s1. The number of ketones is 1. The summed E-state index contributed by atoms with van der Waals surface area (Å²) < 4.78 is 44.2. The fourth-order valence-corrected chi connectivity index (χ4v) is 9.61. The van der Waals surface area contributed by atoms with Gasteiger partial charge in [0.1, 0.15) is 97.3 Å². The molecule has 498 valence electrons. The SMILES string of the molecule is CC(=O)CCCCCNC(=O)CN(CC(=O)NCCCCCC(=O)NCCO[C@@H]1O[C@@H](C)[C@@H](O)[C@@H](O)[C@@H]1O)CC(=O)NCCCCCC(=O)NCCO[C@H]1O[C@H](CO[C@H]2O[C@H](CO)[C@@H](O)[C@H](O)[C@@H]2O)[C@@H](O)[C@H](O[C@H]2O[C@H](CO)[C@@H](O)[C@H](O)[C@@H]2O)[C@@H]1O. The maximum atomic E-state index is 13.0. The Hall–Kier alpha value is -3.86. The second-order valence-corrected chi connectivity index (χ2v) is 21.8. The summed E-state index contributed by atoms with van der Waals surface area (Å²) in [5.41, 5.74) is 0. The van der Waals surface area contributed by atoms with Crippen LogP contribution in [0.1, 0.15) is 90.9 Å². The van der Waals surface area contributed by atoms with Gasteiger partial charge in [-0.05, 0) is 52.4 Å². The van der Waals surface area contributed by atoms with Crippen molar-refractivity contribution in [3.63, 3.8) is 0 Å². The van der Waals surface area contributed by atoms with Crippen molar-refractivity contribution >= 4 is 35.3 Å². The van der Waals surface area contributed by atoms with E-state index >= 15 is 0 Å². The number of ether oxygens (including phenoxy) is 8. The van der Waals surface area contributed by atoms with Gasteiger partial charge in [-0.2, -0.15) is 0 Å². The smallest absolute Gasteiger partial charge is 0.234 e. The lowest BCUT2D eigenvalue weighted by Gasteiger charge is -2.46. The molecule has 33 nitrogen and oxygen atoms in total. The number of unbranched alkanes of at least 4 members (excludes halogenated alkanes) is 6. The van der Waals surface area contributed by atoms with Crippen LogP contribution in [0.5, 0.6) is 0 Å². The average molecular weight is 1250 g/mol. The lowest BCUT2D eigenvalue weighted by atomic mass is 9.96. The monoisotopic (exact) mass is 1250 g/mol. The minimum atomic E-state index is -1.94. The maximum absolute atomic E-state index is 13.0. The van der Waals surface area contributed by atoms with Crippen molar-refractivity contribution in [2.45, 2.75) is 214 Å². The largest absolute Gasteiger partial charge is 0.394 e. The van der Waals surface area contributed by atoms with Gasteiger partial charge in [-0.25, -0.2) is 0 Å². The van der Waals surface area contributed by atoms with Gasteiger partial charge in [0.25, 0.3) is 0 Å². The number of hydrogen-bond donors (Lipinski definition) is 18. The Morgan fingerprint density at radius 2 is 0.779 bits per heavy atom. The highest BCUT2D eigenvalue weighted by Crippen LogP contribution is 2.31. The third-order valence-corrected chi connectivity index (χ3v) is 14.7. The molecular weight excluding hydrogens is 1150 g/mol. The van der Waals surface area contributed by atoms with Crippen molar-refractivity contribution < 1.29 is 133 Å². The Bertz CT molecular complexity index is 2020. The molecule has 0 aromatic carbocycles. The summed E-state index contributed by atoms with van der Waals surface area (Å²) >= 11 is 0. The molecule has 0 bridgehead atoms. The first-order valence-corrected chi connectivity index (χ1v) is 29.4. The molecule has 33 heteroatoms. The zero-order valence-electron chi connectivity index (χ0n) is 48.7. The fraction of sp³-hybridized carbons (Fsp3) is 0.887. The van der Waals surface area contributed by atoms with Gasteiger partial charge in [-0.1, -0.05) is 19.3 Å². The average Bonchev–Trinajstić information content (AvgIpc) is 1.48. The molecule has 5 amide bonds. The number of nitrogens with one attached hydrogen (secondary N) is 5. The van der Waals surface area contributed by atoms with E-state index < -0.39 is 160 Å². The summed E-state index contributed by atoms with van der Waals surface area (Å²) in [7, 11) is 0. The van der Waals surface area contributed by atoms with E-state index in [0.717, 1.165) is 6.42 Å². The molecule has 4 rings (SSSR count). The molecule has 20 atom stereocenters. The van der Waals surface area contributed by atoms with Crippen LogP contribution in [-0.2, 0) is 66.7 Å².